The molecule has 1 aliphatic rings. The van der Waals surface area contributed by atoms with Gasteiger partial charge in [-0.2, -0.15) is 0 Å². The Hall–Kier alpha value is -2.17. The zero-order valence-corrected chi connectivity index (χ0v) is 19.2. The number of carbonyl (C=O) groups excluding carboxylic acids is 1. The van der Waals surface area contributed by atoms with Crippen molar-refractivity contribution in [3.8, 4) is 0 Å². The number of amides is 1. The monoisotopic (exact) mass is 407 g/mol. The number of hydrogen-bond acceptors (Lipinski definition) is 2. The molecule has 29 heavy (non-hydrogen) atoms. The third-order valence-electron chi connectivity index (χ3n) is 6.07. The number of anilines is 1. The second-order valence-corrected chi connectivity index (χ2v) is 13.6. The largest absolute Gasteiger partial charge is 0.355 e. The van der Waals surface area contributed by atoms with Gasteiger partial charge in [-0.1, -0.05) is 94.4 Å². The first-order valence-electron chi connectivity index (χ1n) is 10.7. The van der Waals surface area contributed by atoms with Gasteiger partial charge in [0, 0.05) is 5.69 Å². The lowest BCUT2D eigenvalue weighted by atomic mass is 10.2. The average molecular weight is 408 g/mol. The minimum atomic E-state index is -2.10. The lowest BCUT2D eigenvalue weighted by molar-refractivity contribution is -0.117. The minimum Gasteiger partial charge on any atom is -0.355 e. The Balaban J connectivity index is 1.94. The van der Waals surface area contributed by atoms with Crippen LogP contribution in [0.25, 0.3) is 0 Å². The highest BCUT2D eigenvalue weighted by Gasteiger charge is 2.56. The van der Waals surface area contributed by atoms with E-state index in [9.17, 15) is 4.79 Å². The molecule has 1 amide bonds. The van der Waals surface area contributed by atoms with Crippen LogP contribution in [-0.4, -0.2) is 26.2 Å². The van der Waals surface area contributed by atoms with E-state index >= 15 is 0 Å². The van der Waals surface area contributed by atoms with Gasteiger partial charge < -0.3 is 10.1 Å². The van der Waals surface area contributed by atoms with E-state index in [1.807, 2.05) is 30.3 Å². The smallest absolute Gasteiger partial charge is 0.256 e. The number of para-hydroxylation sites is 1. The van der Waals surface area contributed by atoms with Crippen molar-refractivity contribution in [1.82, 2.24) is 0 Å². The Morgan fingerprint density at radius 3 is 2.03 bits per heavy atom. The molecular weight excluding hydrogens is 374 g/mol. The van der Waals surface area contributed by atoms with Crippen molar-refractivity contribution in [2.45, 2.75) is 64.3 Å². The van der Waals surface area contributed by atoms with Crippen molar-refractivity contribution in [2.75, 3.05) is 5.32 Å². The summed E-state index contributed by atoms with van der Waals surface area (Å²) in [7, 11) is -2.10. The summed E-state index contributed by atoms with van der Waals surface area (Å²) in [4.78, 5) is 12.8. The van der Waals surface area contributed by atoms with Gasteiger partial charge in [0.05, 0.1) is 0 Å². The molecule has 1 N–H and O–H groups in total. The standard InChI is InChI=1S/C25H33NO2Si/c1-6-13-22(23-24(28-23)25(27)26-20-14-9-7-10-15-20)29(18(2)3,19(4)5)21-16-11-8-12-17-21/h7-19,23-24H,6H2,1-5H3,(H,26,27)/b22-13+/t23-,24+/m1/s1. The van der Waals surface area contributed by atoms with E-state index in [4.69, 9.17) is 4.74 Å². The molecule has 2 aromatic rings. The topological polar surface area (TPSA) is 41.6 Å². The predicted molar refractivity (Wildman–Crippen MR) is 124 cm³/mol. The van der Waals surface area contributed by atoms with Gasteiger partial charge in [0.1, 0.15) is 14.2 Å². The molecule has 0 spiro atoms. The number of rotatable bonds is 8. The fraction of sp³-hybridized carbons (Fsp3) is 0.400. The van der Waals surface area contributed by atoms with Gasteiger partial charge in [0.25, 0.3) is 5.91 Å². The molecule has 1 fully saturated rings. The highest BCUT2D eigenvalue weighted by molar-refractivity contribution is 6.99. The van der Waals surface area contributed by atoms with Gasteiger partial charge >= 0.3 is 0 Å². The molecule has 0 saturated carbocycles. The van der Waals surface area contributed by atoms with Crippen molar-refractivity contribution in [3.63, 3.8) is 0 Å². The van der Waals surface area contributed by atoms with Gasteiger partial charge in [-0.3, -0.25) is 4.79 Å². The van der Waals surface area contributed by atoms with E-state index in [1.165, 1.54) is 10.4 Å². The molecule has 2 atom stereocenters. The molecule has 4 heteroatoms. The van der Waals surface area contributed by atoms with Gasteiger partial charge in [-0.25, -0.2) is 0 Å². The minimum absolute atomic E-state index is 0.0494. The fourth-order valence-electron chi connectivity index (χ4n) is 4.90. The first kappa shape index (κ1) is 21.5. The van der Waals surface area contributed by atoms with Gasteiger partial charge in [0.15, 0.2) is 6.10 Å². The number of hydrogen-bond donors (Lipinski definition) is 1. The summed E-state index contributed by atoms with van der Waals surface area (Å²) >= 11 is 0. The molecule has 0 radical (unpaired) electrons. The zero-order chi connectivity index (χ0) is 21.0. The predicted octanol–water partition coefficient (Wildman–Crippen LogP) is 5.44. The SMILES string of the molecule is CC/C=C(\[C@H]1O[C@@H]1C(=O)Nc1ccccc1)[Si](c1ccccc1)(C(C)C)C(C)C. The van der Waals surface area contributed by atoms with Crippen LogP contribution in [0.5, 0.6) is 0 Å². The summed E-state index contributed by atoms with van der Waals surface area (Å²) < 4.78 is 6.05. The third-order valence-corrected chi connectivity index (χ3v) is 12.4. The number of benzene rings is 2. The van der Waals surface area contributed by atoms with E-state index in [0.717, 1.165) is 12.1 Å². The Kier molecular flexibility index (Phi) is 6.76. The van der Waals surface area contributed by atoms with Crippen LogP contribution in [-0.2, 0) is 9.53 Å². The van der Waals surface area contributed by atoms with Crippen molar-refractivity contribution >= 4 is 24.9 Å². The van der Waals surface area contributed by atoms with Crippen LogP contribution in [0.1, 0.15) is 41.0 Å². The second kappa shape index (κ2) is 9.10. The van der Waals surface area contributed by atoms with E-state index in [1.54, 1.807) is 0 Å². The highest BCUT2D eigenvalue weighted by atomic mass is 28.3. The van der Waals surface area contributed by atoms with Crippen molar-refractivity contribution < 1.29 is 9.53 Å². The summed E-state index contributed by atoms with van der Waals surface area (Å²) in [5.74, 6) is -0.0494. The Morgan fingerprint density at radius 1 is 0.966 bits per heavy atom. The van der Waals surface area contributed by atoms with Crippen molar-refractivity contribution in [2.24, 2.45) is 0 Å². The van der Waals surface area contributed by atoms with Gasteiger partial charge in [-0.05, 0) is 34.8 Å². The summed E-state index contributed by atoms with van der Waals surface area (Å²) in [6, 6.07) is 20.5. The van der Waals surface area contributed by atoms with E-state index in [2.05, 4.69) is 76.3 Å². The highest BCUT2D eigenvalue weighted by Crippen LogP contribution is 2.45. The third kappa shape index (κ3) is 4.24. The van der Waals surface area contributed by atoms with Crippen LogP contribution < -0.4 is 10.5 Å². The molecule has 0 aliphatic carbocycles. The first-order valence-corrected chi connectivity index (χ1v) is 12.9. The Bertz CT molecular complexity index is 838. The molecular formula is C25H33NO2Si. The molecule has 154 valence electrons. The quantitative estimate of drug-likeness (QED) is 0.467. The summed E-state index contributed by atoms with van der Waals surface area (Å²) in [5, 5.41) is 5.82. The summed E-state index contributed by atoms with van der Waals surface area (Å²) in [6.45, 7) is 11.5. The Labute approximate surface area is 176 Å². The van der Waals surface area contributed by atoms with Crippen LogP contribution in [0.2, 0.25) is 11.1 Å². The first-order chi connectivity index (χ1) is 13.9. The van der Waals surface area contributed by atoms with Crippen LogP contribution in [0.3, 0.4) is 0 Å². The number of nitrogens with one attached hydrogen (secondary N) is 1. The maximum absolute atomic E-state index is 12.8. The molecule has 1 aliphatic heterocycles. The average Bonchev–Trinajstić information content (AvgIpc) is 3.49. The van der Waals surface area contributed by atoms with Crippen LogP contribution in [0.15, 0.2) is 71.9 Å². The zero-order valence-electron chi connectivity index (χ0n) is 18.2. The van der Waals surface area contributed by atoms with Crippen molar-refractivity contribution in [3.05, 3.63) is 71.9 Å². The lowest BCUT2D eigenvalue weighted by Crippen LogP contribution is -2.56. The molecule has 1 heterocycles. The molecule has 2 aromatic carbocycles. The molecule has 3 rings (SSSR count). The van der Waals surface area contributed by atoms with E-state index in [0.29, 0.717) is 11.1 Å². The maximum atomic E-state index is 12.8. The van der Waals surface area contributed by atoms with Crippen LogP contribution in [0.4, 0.5) is 5.69 Å². The van der Waals surface area contributed by atoms with Gasteiger partial charge in [-0.15, -0.1) is 0 Å². The number of ether oxygens (including phenoxy) is 1. The van der Waals surface area contributed by atoms with E-state index < -0.39 is 14.2 Å². The molecule has 0 bridgehead atoms. The molecule has 3 nitrogen and oxygen atoms in total. The fourth-order valence-corrected chi connectivity index (χ4v) is 11.2. The van der Waals surface area contributed by atoms with Crippen LogP contribution >= 0.6 is 0 Å². The molecule has 0 aromatic heterocycles. The molecule has 0 unspecified atom stereocenters. The number of epoxide rings is 1. The van der Waals surface area contributed by atoms with Crippen molar-refractivity contribution in [1.29, 1.82) is 0 Å². The Morgan fingerprint density at radius 2 is 1.52 bits per heavy atom. The summed E-state index contributed by atoms with van der Waals surface area (Å²) in [5.41, 5.74) is 1.82. The maximum Gasteiger partial charge on any atom is 0.256 e. The lowest BCUT2D eigenvalue weighted by Gasteiger charge is -2.42. The molecule has 1 saturated heterocycles. The number of carbonyl (C=O) groups is 1. The normalized spacial score (nSPS) is 19.5. The van der Waals surface area contributed by atoms with Crippen LogP contribution in [0, 0.1) is 0 Å². The second-order valence-electron chi connectivity index (χ2n) is 8.44. The van der Waals surface area contributed by atoms with E-state index in [-0.39, 0.29) is 12.0 Å². The van der Waals surface area contributed by atoms with Gasteiger partial charge in [0.2, 0.25) is 0 Å². The number of allylic oxidation sites excluding steroid dienone is 1. The summed E-state index contributed by atoms with van der Waals surface area (Å²) in [6.07, 6.45) is 2.78.